The minimum atomic E-state index is 0.186. The number of Topliss-reactive ketones (excluding diaryl/α,β-unsaturated/α-hetero) is 1. The molecular formula is C16H24N2O. The van der Waals surface area contributed by atoms with E-state index in [1.807, 2.05) is 18.2 Å². The van der Waals surface area contributed by atoms with Gasteiger partial charge in [0.1, 0.15) is 0 Å². The first-order valence-electron chi connectivity index (χ1n) is 7.19. The quantitative estimate of drug-likeness (QED) is 0.610. The third-order valence-electron chi connectivity index (χ3n) is 3.54. The van der Waals surface area contributed by atoms with E-state index in [-0.39, 0.29) is 5.78 Å². The lowest BCUT2D eigenvalue weighted by atomic mass is 10.0. The van der Waals surface area contributed by atoms with E-state index in [2.05, 4.69) is 31.4 Å². The molecule has 2 N–H and O–H groups in total. The maximum Gasteiger partial charge on any atom is 0.176 e. The molecule has 0 spiro atoms. The van der Waals surface area contributed by atoms with Crippen LogP contribution >= 0.6 is 0 Å². The van der Waals surface area contributed by atoms with E-state index in [1.54, 1.807) is 0 Å². The number of nitrogens with one attached hydrogen (secondary N) is 2. The fourth-order valence-corrected chi connectivity index (χ4v) is 2.42. The minimum Gasteiger partial charge on any atom is -0.382 e. The van der Waals surface area contributed by atoms with Crippen molar-refractivity contribution in [1.29, 1.82) is 0 Å². The summed E-state index contributed by atoms with van der Waals surface area (Å²) in [5.74, 6) is 0.862. The first-order valence-corrected chi connectivity index (χ1v) is 7.19. The summed E-state index contributed by atoms with van der Waals surface area (Å²) in [6, 6.07) is 6.47. The lowest BCUT2D eigenvalue weighted by molar-refractivity contribution is 0.0991. The molecule has 0 fully saturated rings. The van der Waals surface area contributed by atoms with Gasteiger partial charge < -0.3 is 10.6 Å². The number of hydrogen-bond acceptors (Lipinski definition) is 3. The van der Waals surface area contributed by atoms with Gasteiger partial charge in [0.05, 0.1) is 6.54 Å². The van der Waals surface area contributed by atoms with Gasteiger partial charge in [-0.1, -0.05) is 13.8 Å². The van der Waals surface area contributed by atoms with Crippen molar-refractivity contribution >= 4 is 11.5 Å². The van der Waals surface area contributed by atoms with Crippen LogP contribution in [0.15, 0.2) is 18.2 Å². The molecule has 1 aliphatic rings. The van der Waals surface area contributed by atoms with Crippen molar-refractivity contribution in [2.75, 3.05) is 18.4 Å². The number of benzene rings is 1. The highest BCUT2D eigenvalue weighted by Crippen LogP contribution is 2.26. The second-order valence-corrected chi connectivity index (χ2v) is 5.90. The summed E-state index contributed by atoms with van der Waals surface area (Å²) in [5.41, 5.74) is 3.27. The third-order valence-corrected chi connectivity index (χ3v) is 3.54. The monoisotopic (exact) mass is 260 g/mol. The Balaban J connectivity index is 1.88. The molecule has 0 aliphatic carbocycles. The average Bonchev–Trinajstić information content (AvgIpc) is 2.73. The molecule has 19 heavy (non-hydrogen) atoms. The number of hydrogen-bond donors (Lipinski definition) is 2. The van der Waals surface area contributed by atoms with Crippen LogP contribution in [0.5, 0.6) is 0 Å². The van der Waals surface area contributed by atoms with Crippen molar-refractivity contribution in [2.24, 2.45) is 5.92 Å². The summed E-state index contributed by atoms with van der Waals surface area (Å²) in [4.78, 5) is 12.1. The first kappa shape index (κ1) is 14.1. The number of carbonyl (C=O) groups is 1. The van der Waals surface area contributed by atoms with Crippen LogP contribution in [0.2, 0.25) is 0 Å². The van der Waals surface area contributed by atoms with E-state index in [1.165, 1.54) is 11.3 Å². The van der Waals surface area contributed by atoms with Crippen molar-refractivity contribution in [3.05, 3.63) is 29.3 Å². The Morgan fingerprint density at radius 2 is 2.26 bits per heavy atom. The molecule has 3 heteroatoms. The van der Waals surface area contributed by atoms with Gasteiger partial charge in [0, 0.05) is 17.3 Å². The molecule has 1 atom stereocenters. The summed E-state index contributed by atoms with van der Waals surface area (Å²) >= 11 is 0. The maximum absolute atomic E-state index is 12.1. The molecule has 0 saturated heterocycles. The second kappa shape index (κ2) is 6.20. The zero-order valence-corrected chi connectivity index (χ0v) is 12.1. The molecule has 0 radical (unpaired) electrons. The van der Waals surface area contributed by atoms with Crippen LogP contribution in [-0.2, 0) is 6.42 Å². The van der Waals surface area contributed by atoms with Gasteiger partial charge in [-0.15, -0.1) is 0 Å². The van der Waals surface area contributed by atoms with E-state index in [4.69, 9.17) is 0 Å². The van der Waals surface area contributed by atoms with E-state index >= 15 is 0 Å². The Kier molecular flexibility index (Phi) is 4.59. The smallest absolute Gasteiger partial charge is 0.176 e. The van der Waals surface area contributed by atoms with Crippen molar-refractivity contribution in [2.45, 2.75) is 39.7 Å². The minimum absolute atomic E-state index is 0.186. The Morgan fingerprint density at radius 3 is 3.00 bits per heavy atom. The summed E-state index contributed by atoms with van der Waals surface area (Å²) in [5, 5.41) is 6.63. The van der Waals surface area contributed by atoms with Crippen LogP contribution in [0.4, 0.5) is 5.69 Å². The van der Waals surface area contributed by atoms with Crippen LogP contribution in [0.25, 0.3) is 0 Å². The van der Waals surface area contributed by atoms with Gasteiger partial charge in [0.15, 0.2) is 5.78 Å². The molecule has 0 aromatic heterocycles. The van der Waals surface area contributed by atoms with Crippen LogP contribution in [0.3, 0.4) is 0 Å². The average molecular weight is 260 g/mol. The summed E-state index contributed by atoms with van der Waals surface area (Å²) in [6.45, 7) is 7.90. The highest BCUT2D eigenvalue weighted by Gasteiger charge is 2.18. The van der Waals surface area contributed by atoms with Crippen molar-refractivity contribution < 1.29 is 4.79 Å². The number of anilines is 1. The molecule has 104 valence electrons. The van der Waals surface area contributed by atoms with E-state index in [0.717, 1.165) is 24.9 Å². The van der Waals surface area contributed by atoms with Gasteiger partial charge in [-0.05, 0) is 56.0 Å². The molecule has 3 nitrogen and oxygen atoms in total. The first-order chi connectivity index (χ1) is 9.06. The highest BCUT2D eigenvalue weighted by molar-refractivity contribution is 5.98. The normalized spacial score (nSPS) is 17.4. The zero-order valence-electron chi connectivity index (χ0n) is 12.1. The largest absolute Gasteiger partial charge is 0.382 e. The van der Waals surface area contributed by atoms with Gasteiger partial charge in [-0.25, -0.2) is 0 Å². The summed E-state index contributed by atoms with van der Waals surface area (Å²) < 4.78 is 0. The molecule has 1 aromatic carbocycles. The zero-order chi connectivity index (χ0) is 13.8. The molecular weight excluding hydrogens is 236 g/mol. The Morgan fingerprint density at radius 1 is 1.47 bits per heavy atom. The van der Waals surface area contributed by atoms with Gasteiger partial charge in [0.2, 0.25) is 0 Å². The maximum atomic E-state index is 12.1. The molecule has 1 unspecified atom stereocenters. The van der Waals surface area contributed by atoms with Crippen molar-refractivity contribution in [3.63, 3.8) is 0 Å². The molecule has 1 heterocycles. The molecule has 0 amide bonds. The number of carbonyl (C=O) groups excluding carboxylic acids is 1. The fraction of sp³-hybridized carbons (Fsp3) is 0.562. The molecule has 0 saturated carbocycles. The van der Waals surface area contributed by atoms with Crippen LogP contribution in [-0.4, -0.2) is 24.9 Å². The summed E-state index contributed by atoms with van der Waals surface area (Å²) in [6.07, 6.45) is 2.12. The molecule has 1 aliphatic heterocycles. The van der Waals surface area contributed by atoms with Gasteiger partial charge in [-0.3, -0.25) is 4.79 Å². The van der Waals surface area contributed by atoms with E-state index in [9.17, 15) is 4.79 Å². The molecule has 0 bridgehead atoms. The van der Waals surface area contributed by atoms with Gasteiger partial charge >= 0.3 is 0 Å². The van der Waals surface area contributed by atoms with Crippen LogP contribution in [0, 0.1) is 5.92 Å². The second-order valence-electron chi connectivity index (χ2n) is 5.90. The standard InChI is InChI=1S/C16H24N2O/c1-11(2)6-7-17-10-16(19)13-4-5-15-14(9-13)8-12(3)18-15/h4-5,9,11-12,17-18H,6-8,10H2,1-3H3. The highest BCUT2D eigenvalue weighted by atomic mass is 16.1. The van der Waals surface area contributed by atoms with Crippen LogP contribution in [0.1, 0.15) is 43.1 Å². The van der Waals surface area contributed by atoms with Crippen molar-refractivity contribution in [1.82, 2.24) is 5.32 Å². The Hall–Kier alpha value is -1.35. The van der Waals surface area contributed by atoms with Gasteiger partial charge in [-0.2, -0.15) is 0 Å². The predicted molar refractivity (Wildman–Crippen MR) is 79.9 cm³/mol. The predicted octanol–water partition coefficient (Wildman–Crippen LogP) is 2.86. The van der Waals surface area contributed by atoms with Gasteiger partial charge in [0.25, 0.3) is 0 Å². The number of fused-ring (bicyclic) bond motifs is 1. The third kappa shape index (κ3) is 3.80. The number of rotatable bonds is 6. The van der Waals surface area contributed by atoms with Crippen molar-refractivity contribution in [3.8, 4) is 0 Å². The lowest BCUT2D eigenvalue weighted by Gasteiger charge is -2.07. The van der Waals surface area contributed by atoms with E-state index in [0.29, 0.717) is 18.5 Å². The number of ketones is 1. The lowest BCUT2D eigenvalue weighted by Crippen LogP contribution is -2.24. The van der Waals surface area contributed by atoms with E-state index < -0.39 is 0 Å². The topological polar surface area (TPSA) is 41.1 Å². The van der Waals surface area contributed by atoms with Crippen LogP contribution < -0.4 is 10.6 Å². The Labute approximate surface area is 115 Å². The molecule has 1 aromatic rings. The fourth-order valence-electron chi connectivity index (χ4n) is 2.42. The molecule has 2 rings (SSSR count). The Bertz CT molecular complexity index is 454. The SMILES string of the molecule is CC(C)CCNCC(=O)c1ccc2c(c1)CC(C)N2. The summed E-state index contributed by atoms with van der Waals surface area (Å²) in [7, 11) is 0.